The van der Waals surface area contributed by atoms with Crippen molar-refractivity contribution in [1.29, 1.82) is 0 Å². The van der Waals surface area contributed by atoms with Crippen molar-refractivity contribution in [2.75, 3.05) is 18.9 Å². The van der Waals surface area contributed by atoms with Crippen molar-refractivity contribution < 1.29 is 40.7 Å². The van der Waals surface area contributed by atoms with Crippen LogP contribution in [0.15, 0.2) is 0 Å². The number of carboxylic acid groups (broad SMARTS) is 1. The van der Waals surface area contributed by atoms with Crippen molar-refractivity contribution in [3.63, 3.8) is 0 Å². The Labute approximate surface area is 106 Å². The first kappa shape index (κ1) is 17.8. The van der Waals surface area contributed by atoms with Gasteiger partial charge in [-0.25, -0.2) is 0 Å². The molecule has 0 saturated heterocycles. The number of aliphatic carboxylic acids is 1. The zero-order valence-corrected chi connectivity index (χ0v) is 11.8. The molecule has 0 aliphatic heterocycles. The largest absolute Gasteiger partial charge is 0.481 e. The van der Waals surface area contributed by atoms with E-state index in [1.807, 2.05) is 6.92 Å². The molecule has 1 unspecified atom stereocenters. The van der Waals surface area contributed by atoms with E-state index >= 15 is 0 Å². The minimum Gasteiger partial charge on any atom is -0.481 e. The van der Waals surface area contributed by atoms with Gasteiger partial charge in [-0.15, -0.1) is 0 Å². The van der Waals surface area contributed by atoms with E-state index in [1.165, 1.54) is 0 Å². The van der Waals surface area contributed by atoms with E-state index in [9.17, 15) is 9.36 Å². The summed E-state index contributed by atoms with van der Waals surface area (Å²) in [6.07, 6.45) is 2.36. The van der Waals surface area contributed by atoms with Crippen molar-refractivity contribution in [2.24, 2.45) is 0 Å². The van der Waals surface area contributed by atoms with E-state index in [0.29, 0.717) is 12.8 Å². The number of hydrogen-bond donors (Lipinski definition) is 1. The van der Waals surface area contributed by atoms with Gasteiger partial charge in [0, 0.05) is 34.0 Å². The summed E-state index contributed by atoms with van der Waals surface area (Å²) in [5.74, 6) is -0.919. The van der Waals surface area contributed by atoms with Crippen molar-refractivity contribution in [3.8, 4) is 0 Å². The molecule has 0 amide bonds. The summed E-state index contributed by atoms with van der Waals surface area (Å²) < 4.78 is 17.1. The fraction of sp³-hybridized carbons (Fsp3) is 0.889. The second kappa shape index (κ2) is 9.59. The van der Waals surface area contributed by atoms with Gasteiger partial charge in [-0.1, -0.05) is 20.3 Å². The molecule has 0 rings (SSSR count). The van der Waals surface area contributed by atoms with E-state index in [4.69, 9.17) is 9.63 Å². The van der Waals surface area contributed by atoms with Gasteiger partial charge >= 0.3 is 5.97 Å². The Morgan fingerprint density at radius 2 is 2.00 bits per heavy atom. The average molecular weight is 270 g/mol. The Hall–Kier alpha value is 0.374. The van der Waals surface area contributed by atoms with E-state index in [2.05, 4.69) is 0 Å². The summed E-state index contributed by atoms with van der Waals surface area (Å²) in [4.78, 5) is 10.3. The van der Waals surface area contributed by atoms with Crippen LogP contribution in [0.3, 0.4) is 0 Å². The first-order valence-corrected chi connectivity index (χ1v) is 6.98. The Morgan fingerprint density at radius 3 is 2.40 bits per heavy atom. The molecule has 1 atom stereocenters. The van der Waals surface area contributed by atoms with Gasteiger partial charge in [0.2, 0.25) is 7.37 Å². The predicted octanol–water partition coefficient (Wildman–Crippen LogP) is 2.57. The second-order valence-electron chi connectivity index (χ2n) is 3.18. The summed E-state index contributed by atoms with van der Waals surface area (Å²) in [6, 6.07) is 0. The molecule has 15 heavy (non-hydrogen) atoms. The second-order valence-corrected chi connectivity index (χ2v) is 6.15. The van der Waals surface area contributed by atoms with Crippen molar-refractivity contribution >= 4 is 13.3 Å². The van der Waals surface area contributed by atoms with Crippen LogP contribution >= 0.6 is 7.37 Å². The molecule has 0 aromatic rings. The maximum absolute atomic E-state index is 11.9. The van der Waals surface area contributed by atoms with Crippen LogP contribution in [-0.4, -0.2) is 30.0 Å². The fourth-order valence-electron chi connectivity index (χ4n) is 0.955. The van der Waals surface area contributed by atoms with Gasteiger partial charge in [0.05, 0.1) is 13.0 Å². The average Bonchev–Trinajstić information content (AvgIpc) is 2.15. The third-order valence-corrected chi connectivity index (χ3v) is 4.49. The number of hydrogen-bond acceptors (Lipinski definition) is 3. The SMILES string of the molecule is CCCCOP(=O)(CC)CCC(=O)O.[Ti]. The molecule has 0 saturated carbocycles. The van der Waals surface area contributed by atoms with Crippen LogP contribution in [0.1, 0.15) is 33.1 Å². The van der Waals surface area contributed by atoms with Gasteiger partial charge in [0.1, 0.15) is 0 Å². The zero-order chi connectivity index (χ0) is 11.0. The van der Waals surface area contributed by atoms with Crippen LogP contribution < -0.4 is 0 Å². The molecule has 0 heterocycles. The standard InChI is InChI=1S/C9H19O4P.Ti/c1-3-5-7-13-14(12,4-2)8-6-9(10)11;/h3-8H2,1-2H3,(H,10,11);. The minimum absolute atomic E-state index is 0. The third kappa shape index (κ3) is 9.31. The van der Waals surface area contributed by atoms with Gasteiger partial charge in [0.15, 0.2) is 0 Å². The molecular weight excluding hydrogens is 251 g/mol. The van der Waals surface area contributed by atoms with Crippen LogP contribution in [-0.2, 0) is 35.6 Å². The molecule has 0 aromatic heterocycles. The summed E-state index contributed by atoms with van der Waals surface area (Å²) >= 11 is 0. The molecule has 0 aliphatic rings. The van der Waals surface area contributed by atoms with E-state index in [0.717, 1.165) is 12.8 Å². The van der Waals surface area contributed by atoms with Gasteiger partial charge < -0.3 is 9.63 Å². The number of carbonyl (C=O) groups is 1. The molecule has 88 valence electrons. The Balaban J connectivity index is 0. The summed E-state index contributed by atoms with van der Waals surface area (Å²) in [5, 5.41) is 8.47. The summed E-state index contributed by atoms with van der Waals surface area (Å²) in [5.41, 5.74) is 0. The molecule has 4 nitrogen and oxygen atoms in total. The van der Waals surface area contributed by atoms with E-state index < -0.39 is 13.3 Å². The maximum Gasteiger partial charge on any atom is 0.303 e. The summed E-state index contributed by atoms with van der Waals surface area (Å²) in [7, 11) is -2.66. The zero-order valence-electron chi connectivity index (χ0n) is 9.36. The molecule has 0 radical (unpaired) electrons. The molecule has 6 heteroatoms. The molecule has 1 N–H and O–H groups in total. The number of rotatable bonds is 8. The Bertz CT molecular complexity index is 220. The quantitative estimate of drug-likeness (QED) is 0.418. The van der Waals surface area contributed by atoms with Crippen LogP contribution in [0.2, 0.25) is 0 Å². The van der Waals surface area contributed by atoms with Crippen LogP contribution in [0.4, 0.5) is 0 Å². The topological polar surface area (TPSA) is 63.6 Å². The molecule has 0 spiro atoms. The third-order valence-electron chi connectivity index (χ3n) is 1.97. The van der Waals surface area contributed by atoms with Crippen molar-refractivity contribution in [2.45, 2.75) is 33.1 Å². The first-order valence-electron chi connectivity index (χ1n) is 4.98. The smallest absolute Gasteiger partial charge is 0.303 e. The Kier molecular flexibility index (Phi) is 11.4. The molecule has 0 aliphatic carbocycles. The van der Waals surface area contributed by atoms with Gasteiger partial charge in [-0.2, -0.15) is 0 Å². The van der Waals surface area contributed by atoms with Gasteiger partial charge in [-0.05, 0) is 6.42 Å². The molecular formula is C9H19O4PTi. The van der Waals surface area contributed by atoms with Gasteiger partial charge in [-0.3, -0.25) is 9.36 Å². The van der Waals surface area contributed by atoms with Crippen LogP contribution in [0, 0.1) is 0 Å². The minimum atomic E-state index is -2.66. The monoisotopic (exact) mass is 270 g/mol. The van der Waals surface area contributed by atoms with Crippen LogP contribution in [0.5, 0.6) is 0 Å². The van der Waals surface area contributed by atoms with E-state index in [1.54, 1.807) is 6.92 Å². The van der Waals surface area contributed by atoms with E-state index in [-0.39, 0.29) is 34.3 Å². The normalized spacial score (nSPS) is 14.0. The number of carboxylic acids is 1. The molecule has 0 fully saturated rings. The first-order chi connectivity index (χ1) is 6.54. The van der Waals surface area contributed by atoms with Gasteiger partial charge in [0.25, 0.3) is 0 Å². The maximum atomic E-state index is 11.9. The van der Waals surface area contributed by atoms with Crippen molar-refractivity contribution in [3.05, 3.63) is 0 Å². The number of unbranched alkanes of at least 4 members (excludes halogenated alkanes) is 1. The van der Waals surface area contributed by atoms with Crippen LogP contribution in [0.25, 0.3) is 0 Å². The fourth-order valence-corrected chi connectivity index (χ4v) is 2.58. The predicted molar refractivity (Wildman–Crippen MR) is 56.1 cm³/mol. The summed E-state index contributed by atoms with van der Waals surface area (Å²) in [6.45, 7) is 4.27. The Morgan fingerprint density at radius 1 is 1.40 bits per heavy atom. The molecule has 0 bridgehead atoms. The van der Waals surface area contributed by atoms with Crippen molar-refractivity contribution in [1.82, 2.24) is 0 Å². The molecule has 0 aromatic carbocycles.